The van der Waals surface area contributed by atoms with E-state index in [9.17, 15) is 14.7 Å². The molecular formula is C15H20O4. The Bertz CT molecular complexity index is 654. The Hall–Kier alpha value is -1.68. The molecule has 0 aliphatic heterocycles. The van der Waals surface area contributed by atoms with Crippen LogP contribution in [0, 0.1) is 5.41 Å². The molecule has 0 unspecified atom stereocenters. The van der Waals surface area contributed by atoms with Gasteiger partial charge in [0.25, 0.3) is 0 Å². The number of ketones is 1. The summed E-state index contributed by atoms with van der Waals surface area (Å²) in [5.41, 5.74) is -5.19. The number of carbonyl (C=O) groups is 2. The Morgan fingerprint density at radius 3 is 2.68 bits per heavy atom. The van der Waals surface area contributed by atoms with E-state index in [4.69, 9.17) is 13.3 Å². The van der Waals surface area contributed by atoms with Crippen molar-refractivity contribution < 1.29 is 28.0 Å². The maximum absolute atomic E-state index is 12.0. The number of aliphatic carboxylic acids is 1. The second-order valence-corrected chi connectivity index (χ2v) is 4.70. The minimum atomic E-state index is -3.19. The van der Waals surface area contributed by atoms with Gasteiger partial charge in [0.1, 0.15) is 5.60 Å². The van der Waals surface area contributed by atoms with Crippen molar-refractivity contribution in [3.05, 3.63) is 35.5 Å². The van der Waals surface area contributed by atoms with Crippen molar-refractivity contribution in [2.45, 2.75) is 39.6 Å². The average Bonchev–Trinajstić information content (AvgIpc) is 2.37. The molecule has 0 fully saturated rings. The van der Waals surface area contributed by atoms with Crippen LogP contribution in [0.25, 0.3) is 0 Å². The number of hydrogen-bond acceptors (Lipinski definition) is 3. The lowest BCUT2D eigenvalue weighted by Crippen LogP contribution is -2.48. The fourth-order valence-corrected chi connectivity index (χ4v) is 1.90. The summed E-state index contributed by atoms with van der Waals surface area (Å²) in [6.45, 7) is -3.71. The summed E-state index contributed by atoms with van der Waals surface area (Å²) in [6, 6.07) is 0. The van der Waals surface area contributed by atoms with Gasteiger partial charge in [-0.3, -0.25) is 4.79 Å². The molecule has 0 saturated carbocycles. The van der Waals surface area contributed by atoms with Crippen LogP contribution in [0.3, 0.4) is 0 Å². The van der Waals surface area contributed by atoms with Gasteiger partial charge in [0.15, 0.2) is 5.78 Å². The van der Waals surface area contributed by atoms with E-state index in [1.807, 2.05) is 0 Å². The number of allylic oxidation sites excluding steroid dienone is 3. The van der Waals surface area contributed by atoms with E-state index in [1.54, 1.807) is 0 Å². The summed E-state index contributed by atoms with van der Waals surface area (Å²) in [4.78, 5) is 22.6. The SMILES string of the molecule is [2H]C([2H])([2H])C1(C([2H])([2H])[2H])CC(=O)C=C(C)[C@]1(O)/C=C/C(C)=C\C(=O)O. The summed E-state index contributed by atoms with van der Waals surface area (Å²) in [5, 5.41) is 19.8. The lowest BCUT2D eigenvalue weighted by atomic mass is 9.64. The van der Waals surface area contributed by atoms with Gasteiger partial charge in [-0.05, 0) is 37.1 Å². The third-order valence-electron chi connectivity index (χ3n) is 3.01. The average molecular weight is 270 g/mol. The van der Waals surface area contributed by atoms with E-state index in [2.05, 4.69) is 0 Å². The van der Waals surface area contributed by atoms with Crippen LogP contribution in [0.1, 0.15) is 42.2 Å². The van der Waals surface area contributed by atoms with Crippen molar-refractivity contribution in [3.63, 3.8) is 0 Å². The Balaban J connectivity index is 3.74. The van der Waals surface area contributed by atoms with Crippen LogP contribution in [0.4, 0.5) is 0 Å². The van der Waals surface area contributed by atoms with Gasteiger partial charge in [-0.1, -0.05) is 19.8 Å². The number of rotatable bonds is 3. The third kappa shape index (κ3) is 3.20. The van der Waals surface area contributed by atoms with Gasteiger partial charge in [0.2, 0.25) is 0 Å². The molecule has 0 saturated heterocycles. The Morgan fingerprint density at radius 2 is 2.16 bits per heavy atom. The summed E-state index contributed by atoms with van der Waals surface area (Å²) in [6.07, 6.45) is 3.02. The first-order valence-electron chi connectivity index (χ1n) is 8.63. The predicted molar refractivity (Wildman–Crippen MR) is 72.6 cm³/mol. The van der Waals surface area contributed by atoms with Crippen molar-refractivity contribution in [1.29, 1.82) is 0 Å². The molecule has 0 spiro atoms. The van der Waals surface area contributed by atoms with Crippen LogP contribution in [0.5, 0.6) is 0 Å². The van der Waals surface area contributed by atoms with Crippen molar-refractivity contribution in [2.24, 2.45) is 5.41 Å². The molecule has 0 aromatic heterocycles. The van der Waals surface area contributed by atoms with Gasteiger partial charge in [-0.15, -0.1) is 0 Å². The monoisotopic (exact) mass is 270 g/mol. The largest absolute Gasteiger partial charge is 0.478 e. The fraction of sp³-hybridized carbons (Fsp3) is 0.467. The molecular weight excluding hydrogens is 244 g/mol. The van der Waals surface area contributed by atoms with E-state index >= 15 is 0 Å². The summed E-state index contributed by atoms with van der Waals surface area (Å²) in [5.74, 6) is -1.96. The molecule has 0 aromatic rings. The molecule has 4 heteroatoms. The van der Waals surface area contributed by atoms with Crippen LogP contribution in [0.2, 0.25) is 0 Å². The summed E-state index contributed by atoms with van der Waals surface area (Å²) in [7, 11) is 0. The van der Waals surface area contributed by atoms with Crippen LogP contribution in [-0.4, -0.2) is 27.6 Å². The molecule has 1 aliphatic rings. The molecule has 0 amide bonds. The van der Waals surface area contributed by atoms with Gasteiger partial charge in [0.05, 0.1) is 0 Å². The Labute approximate surface area is 121 Å². The minimum Gasteiger partial charge on any atom is -0.478 e. The highest BCUT2D eigenvalue weighted by Gasteiger charge is 2.46. The number of hydrogen-bond donors (Lipinski definition) is 2. The number of aliphatic hydroxyl groups is 1. The second kappa shape index (κ2) is 5.13. The van der Waals surface area contributed by atoms with E-state index in [-0.39, 0.29) is 11.1 Å². The molecule has 2 N–H and O–H groups in total. The zero-order valence-electron chi connectivity index (χ0n) is 16.7. The van der Waals surface area contributed by atoms with Gasteiger partial charge in [-0.2, -0.15) is 0 Å². The Morgan fingerprint density at radius 1 is 1.53 bits per heavy atom. The Kier molecular flexibility index (Phi) is 2.29. The molecule has 0 radical (unpaired) electrons. The topological polar surface area (TPSA) is 74.6 Å². The quantitative estimate of drug-likeness (QED) is 0.609. The number of carboxylic acid groups (broad SMARTS) is 1. The third-order valence-corrected chi connectivity index (χ3v) is 3.01. The highest BCUT2D eigenvalue weighted by molar-refractivity contribution is 5.92. The maximum Gasteiger partial charge on any atom is 0.328 e. The van der Waals surface area contributed by atoms with Crippen molar-refractivity contribution in [2.75, 3.05) is 0 Å². The highest BCUT2D eigenvalue weighted by atomic mass is 16.4. The van der Waals surface area contributed by atoms with Crippen molar-refractivity contribution in [1.82, 2.24) is 0 Å². The molecule has 104 valence electrons. The number of carboxylic acids is 1. The molecule has 0 aromatic carbocycles. The van der Waals surface area contributed by atoms with Crippen molar-refractivity contribution >= 4 is 11.8 Å². The minimum absolute atomic E-state index is 0.129. The molecule has 19 heavy (non-hydrogen) atoms. The lowest BCUT2D eigenvalue weighted by molar-refractivity contribution is -0.131. The van der Waals surface area contributed by atoms with Gasteiger partial charge < -0.3 is 10.2 Å². The second-order valence-electron chi connectivity index (χ2n) is 4.70. The zero-order chi connectivity index (χ0) is 19.8. The fourth-order valence-electron chi connectivity index (χ4n) is 1.90. The smallest absolute Gasteiger partial charge is 0.328 e. The normalized spacial score (nSPS) is 33.5. The van der Waals surface area contributed by atoms with E-state index in [0.717, 1.165) is 24.3 Å². The summed E-state index contributed by atoms with van der Waals surface area (Å²) < 4.78 is 46.5. The molecule has 4 nitrogen and oxygen atoms in total. The standard InChI is InChI=1S/C15H20O4/c1-10(7-13(17)18)5-6-15(19)11(2)8-12(16)9-14(15,3)4/h5-8,19H,9H2,1-4H3,(H,17,18)/b6-5+,10-7-/t15-/m1/s1/i3D3,4D3. The van der Waals surface area contributed by atoms with Gasteiger partial charge >= 0.3 is 5.97 Å². The lowest BCUT2D eigenvalue weighted by Gasteiger charge is -2.43. The molecule has 0 heterocycles. The maximum atomic E-state index is 12.0. The van der Waals surface area contributed by atoms with Gasteiger partial charge in [-0.25, -0.2) is 4.79 Å². The van der Waals surface area contributed by atoms with Crippen LogP contribution >= 0.6 is 0 Å². The first-order chi connectivity index (χ1) is 11.1. The number of carbonyl (C=O) groups excluding carboxylic acids is 1. The highest BCUT2D eigenvalue weighted by Crippen LogP contribution is 2.44. The summed E-state index contributed by atoms with van der Waals surface area (Å²) >= 11 is 0. The van der Waals surface area contributed by atoms with E-state index in [1.165, 1.54) is 13.8 Å². The van der Waals surface area contributed by atoms with E-state index in [0.29, 0.717) is 0 Å². The molecule has 1 rings (SSSR count). The first-order valence-corrected chi connectivity index (χ1v) is 5.63. The molecule has 1 atom stereocenters. The van der Waals surface area contributed by atoms with E-state index < -0.39 is 42.9 Å². The van der Waals surface area contributed by atoms with Crippen molar-refractivity contribution in [3.8, 4) is 0 Å². The molecule has 0 bridgehead atoms. The predicted octanol–water partition coefficient (Wildman–Crippen LogP) is 2.25. The van der Waals surface area contributed by atoms with Crippen LogP contribution < -0.4 is 0 Å². The zero-order valence-corrected chi connectivity index (χ0v) is 10.7. The van der Waals surface area contributed by atoms with Crippen LogP contribution in [0.15, 0.2) is 35.5 Å². The van der Waals surface area contributed by atoms with Crippen LogP contribution in [-0.2, 0) is 9.59 Å². The molecule has 1 aliphatic carbocycles. The first kappa shape index (κ1) is 8.48. The van der Waals surface area contributed by atoms with Gasteiger partial charge in [0, 0.05) is 26.1 Å².